The van der Waals surface area contributed by atoms with Gasteiger partial charge in [0.1, 0.15) is 0 Å². The van der Waals surface area contributed by atoms with Crippen molar-refractivity contribution in [1.82, 2.24) is 24.7 Å². The van der Waals surface area contributed by atoms with Gasteiger partial charge in [-0.2, -0.15) is 5.10 Å². The Labute approximate surface area is 168 Å². The highest BCUT2D eigenvalue weighted by atomic mass is 19.3. The summed E-state index contributed by atoms with van der Waals surface area (Å²) in [5.74, 6) is 0.0722. The highest BCUT2D eigenvalue weighted by molar-refractivity contribution is 5.57. The lowest BCUT2D eigenvalue weighted by atomic mass is 10.1. The van der Waals surface area contributed by atoms with E-state index in [-0.39, 0.29) is 23.0 Å². The molecular weight excluding hydrogens is 394 g/mol. The van der Waals surface area contributed by atoms with Crippen LogP contribution in [0.15, 0.2) is 51.8 Å². The van der Waals surface area contributed by atoms with E-state index < -0.39 is 17.7 Å². The quantitative estimate of drug-likeness (QED) is 0.669. The van der Waals surface area contributed by atoms with Crippen LogP contribution in [0.4, 0.5) is 8.78 Å². The number of rotatable bonds is 5. The normalized spacial score (nSPS) is 18.6. The second kappa shape index (κ2) is 7.62. The molecule has 0 saturated heterocycles. The van der Waals surface area contributed by atoms with Crippen molar-refractivity contribution in [3.63, 3.8) is 0 Å². The molecule has 0 unspecified atom stereocenters. The number of nitrogens with one attached hydrogen (secondary N) is 2. The topological polar surface area (TPSA) is 109 Å². The second-order valence-electron chi connectivity index (χ2n) is 6.91. The monoisotopic (exact) mass is 412 g/mol. The molecule has 4 rings (SSSR count). The average molecular weight is 412 g/mol. The zero-order valence-electron chi connectivity index (χ0n) is 16.0. The average Bonchev–Trinajstić information content (AvgIpc) is 3.53. The van der Waals surface area contributed by atoms with Crippen LogP contribution < -0.4 is 16.7 Å². The van der Waals surface area contributed by atoms with Crippen LogP contribution in [0.1, 0.15) is 41.5 Å². The Kier molecular flexibility index (Phi) is 4.98. The van der Waals surface area contributed by atoms with Gasteiger partial charge in [0.05, 0.1) is 11.3 Å². The summed E-state index contributed by atoms with van der Waals surface area (Å²) in [7, 11) is 1.63. The first-order valence-electron chi connectivity index (χ1n) is 9.18. The van der Waals surface area contributed by atoms with E-state index in [0.29, 0.717) is 11.2 Å². The van der Waals surface area contributed by atoms with E-state index >= 15 is 0 Å². The summed E-state index contributed by atoms with van der Waals surface area (Å²) < 4.78 is 27.0. The van der Waals surface area contributed by atoms with E-state index in [4.69, 9.17) is 0 Å². The lowest BCUT2D eigenvalue weighted by Gasteiger charge is -2.10. The molecule has 8 nitrogen and oxygen atoms in total. The maximum atomic E-state index is 12.8. The molecule has 10 heteroatoms. The molecule has 1 aliphatic carbocycles. The van der Waals surface area contributed by atoms with Crippen LogP contribution in [-0.4, -0.2) is 31.8 Å². The molecule has 0 bridgehead atoms. The van der Waals surface area contributed by atoms with Crippen molar-refractivity contribution >= 4 is 6.20 Å². The van der Waals surface area contributed by atoms with E-state index in [1.54, 1.807) is 19.2 Å². The van der Waals surface area contributed by atoms with Crippen LogP contribution in [-0.2, 0) is 0 Å². The van der Waals surface area contributed by atoms with Crippen LogP contribution in [0.2, 0.25) is 0 Å². The Hall–Kier alpha value is -3.69. The third-order valence-corrected chi connectivity index (χ3v) is 5.09. The van der Waals surface area contributed by atoms with Gasteiger partial charge in [0.25, 0.3) is 12.0 Å². The number of halogens is 2. The molecule has 1 saturated carbocycles. The van der Waals surface area contributed by atoms with Gasteiger partial charge in [0.2, 0.25) is 0 Å². The van der Waals surface area contributed by atoms with Crippen molar-refractivity contribution in [2.75, 3.05) is 7.05 Å². The largest absolute Gasteiger partial charge is 0.325 e. The molecule has 30 heavy (non-hydrogen) atoms. The molecule has 0 radical (unpaired) electrons. The maximum absolute atomic E-state index is 12.8. The number of hydrogen-bond donors (Lipinski definition) is 2. The number of aromatic nitrogens is 5. The lowest BCUT2D eigenvalue weighted by Crippen LogP contribution is -2.27. The Bertz CT molecular complexity index is 1290. The minimum Gasteiger partial charge on any atom is -0.313 e. The van der Waals surface area contributed by atoms with E-state index in [1.165, 1.54) is 29.3 Å². The van der Waals surface area contributed by atoms with Gasteiger partial charge in [0, 0.05) is 48.4 Å². The van der Waals surface area contributed by atoms with Gasteiger partial charge >= 0.3 is 5.69 Å². The third kappa shape index (κ3) is 3.51. The second-order valence-corrected chi connectivity index (χ2v) is 6.91. The van der Waals surface area contributed by atoms with Gasteiger partial charge in [-0.25, -0.2) is 18.3 Å². The number of aromatic amines is 2. The fourth-order valence-electron chi connectivity index (χ4n) is 3.53. The van der Waals surface area contributed by atoms with Gasteiger partial charge in [-0.15, -0.1) is 0 Å². The Morgan fingerprint density at radius 3 is 2.73 bits per heavy atom. The summed E-state index contributed by atoms with van der Waals surface area (Å²) in [5, 5.41) is 4.39. The molecule has 3 heterocycles. The number of alkyl halides is 2. The van der Waals surface area contributed by atoms with Crippen LogP contribution in [0.5, 0.6) is 0 Å². The molecule has 3 aromatic heterocycles. The molecule has 0 amide bonds. The molecule has 0 aliphatic heterocycles. The number of hydrogen-bond acceptors (Lipinski definition) is 5. The van der Waals surface area contributed by atoms with Gasteiger partial charge in [0.15, 0.2) is 5.49 Å². The highest BCUT2D eigenvalue weighted by Crippen LogP contribution is 2.53. The Morgan fingerprint density at radius 2 is 2.13 bits per heavy atom. The van der Waals surface area contributed by atoms with E-state index in [0.717, 1.165) is 17.7 Å². The van der Waals surface area contributed by atoms with Crippen molar-refractivity contribution in [1.29, 1.82) is 0 Å². The van der Waals surface area contributed by atoms with Crippen molar-refractivity contribution in [3.05, 3.63) is 80.3 Å². The molecule has 3 aromatic rings. The van der Waals surface area contributed by atoms with Crippen LogP contribution in [0, 0.1) is 0 Å². The summed E-state index contributed by atoms with van der Waals surface area (Å²) in [6, 6.07) is 4.75. The molecule has 2 atom stereocenters. The molecule has 1 aliphatic rings. The fourth-order valence-corrected chi connectivity index (χ4v) is 3.53. The zero-order chi connectivity index (χ0) is 21.4. The summed E-state index contributed by atoms with van der Waals surface area (Å²) >= 11 is 0. The summed E-state index contributed by atoms with van der Waals surface area (Å²) in [6.07, 6.45) is 2.17. The van der Waals surface area contributed by atoms with Gasteiger partial charge < -0.3 is 4.98 Å². The molecule has 0 aromatic carbocycles. The molecule has 1 fully saturated rings. The molecule has 2 N–H and O–H groups in total. The van der Waals surface area contributed by atoms with Crippen LogP contribution in [0.25, 0.3) is 17.5 Å². The van der Waals surface area contributed by atoms with Crippen molar-refractivity contribution in [2.45, 2.75) is 24.7 Å². The first-order chi connectivity index (χ1) is 14.4. The van der Waals surface area contributed by atoms with Crippen LogP contribution >= 0.6 is 0 Å². The van der Waals surface area contributed by atoms with Crippen molar-refractivity contribution < 1.29 is 8.78 Å². The van der Waals surface area contributed by atoms with Crippen LogP contribution in [0.3, 0.4) is 0 Å². The first-order valence-corrected chi connectivity index (χ1v) is 9.18. The van der Waals surface area contributed by atoms with Crippen molar-refractivity contribution in [2.24, 2.45) is 4.99 Å². The van der Waals surface area contributed by atoms with Gasteiger partial charge in [-0.05, 0) is 30.5 Å². The summed E-state index contributed by atoms with van der Waals surface area (Å²) in [6.45, 7) is 3.75. The van der Waals surface area contributed by atoms with E-state index in [2.05, 4.69) is 31.6 Å². The summed E-state index contributed by atoms with van der Waals surface area (Å²) in [5.41, 5.74) is 1.38. The van der Waals surface area contributed by atoms with Gasteiger partial charge in [-0.1, -0.05) is 6.58 Å². The van der Waals surface area contributed by atoms with Crippen molar-refractivity contribution in [3.8, 4) is 11.3 Å². The SMILES string of the molecule is C=Cn1nc(-c2c[nH]c(=O)[nH]c2=O)cc([C@H]2C[C@@H]2c2ccc(C(F)F)cn2)c1=NC. The number of nitrogens with zero attached hydrogens (tertiary/aromatic N) is 4. The minimum absolute atomic E-state index is 0.0309. The highest BCUT2D eigenvalue weighted by Gasteiger charge is 2.42. The Balaban J connectivity index is 1.77. The van der Waals surface area contributed by atoms with Gasteiger partial charge in [-0.3, -0.25) is 19.8 Å². The standard InChI is InChI=1S/C20H18F2N6O2/c1-3-28-18(23-2)13(7-16(27-28)14-9-25-20(30)26-19(14)29)11-6-12(11)15-5-4-10(8-24-15)17(21)22/h3-5,7-9,11-12,17H,1,6H2,2H3,(H2,25,26,29,30)/t11-,12-/m0/s1. The number of pyridine rings is 1. The fraction of sp³-hybridized carbons (Fsp3) is 0.250. The molecular formula is C20H18F2N6O2. The zero-order valence-corrected chi connectivity index (χ0v) is 16.0. The third-order valence-electron chi connectivity index (χ3n) is 5.09. The smallest absolute Gasteiger partial charge is 0.313 e. The Morgan fingerprint density at radius 1 is 1.33 bits per heavy atom. The molecule has 154 valence electrons. The number of H-pyrrole nitrogens is 2. The molecule has 0 spiro atoms. The maximum Gasteiger partial charge on any atom is 0.325 e. The minimum atomic E-state index is -2.56. The van der Waals surface area contributed by atoms with E-state index in [9.17, 15) is 18.4 Å². The first kappa shape index (κ1) is 19.6. The predicted molar refractivity (Wildman–Crippen MR) is 106 cm³/mol. The lowest BCUT2D eigenvalue weighted by molar-refractivity contribution is 0.151. The predicted octanol–water partition coefficient (Wildman–Crippen LogP) is 2.16. The summed E-state index contributed by atoms with van der Waals surface area (Å²) in [4.78, 5) is 36.7. The van der Waals surface area contributed by atoms with E-state index in [1.807, 2.05) is 0 Å².